The van der Waals surface area contributed by atoms with Crippen LogP contribution < -0.4 is 4.90 Å². The predicted octanol–water partition coefficient (Wildman–Crippen LogP) is 3.72. The first-order valence-corrected chi connectivity index (χ1v) is 10.9. The Morgan fingerprint density at radius 1 is 1.19 bits per heavy atom. The molecule has 1 N–H and O–H groups in total. The Hall–Kier alpha value is -1.73. The summed E-state index contributed by atoms with van der Waals surface area (Å²) in [7, 11) is 4.01. The zero-order valence-electron chi connectivity index (χ0n) is 16.3. The number of carbonyl (C=O) groups excluding carboxylic acids is 1. The fraction of sp³-hybridized carbons (Fsp3) is 0.600. The van der Waals surface area contributed by atoms with E-state index in [1.807, 2.05) is 31.3 Å². The molecule has 4 heterocycles. The highest BCUT2D eigenvalue weighted by molar-refractivity contribution is 7.97. The number of rotatable bonds is 1. The van der Waals surface area contributed by atoms with Crippen molar-refractivity contribution in [3.63, 3.8) is 0 Å². The molecule has 2 aromatic heterocycles. The first kappa shape index (κ1) is 18.6. The summed E-state index contributed by atoms with van der Waals surface area (Å²) in [5.74, 6) is 1.41. The highest BCUT2D eigenvalue weighted by atomic mass is 32.2. The topological polar surface area (TPSA) is 55.5 Å². The second-order valence-electron chi connectivity index (χ2n) is 7.70. The minimum absolute atomic E-state index is 0.0765. The SMILES string of the molecule is CN1CCCS1.CN1CN(C2CCCCC2)c2c(cnc3[nH]ccc23)C1=O. The number of amides is 1. The Kier molecular flexibility index (Phi) is 5.59. The number of pyridine rings is 1. The Labute approximate surface area is 165 Å². The van der Waals surface area contributed by atoms with Crippen molar-refractivity contribution in [2.75, 3.05) is 38.0 Å². The van der Waals surface area contributed by atoms with Crippen LogP contribution in [0.5, 0.6) is 0 Å². The molecule has 5 rings (SSSR count). The highest BCUT2D eigenvalue weighted by Crippen LogP contribution is 2.37. The number of nitrogens with one attached hydrogen (secondary N) is 1. The van der Waals surface area contributed by atoms with Gasteiger partial charge in [0.2, 0.25) is 0 Å². The number of aromatic nitrogens is 2. The summed E-state index contributed by atoms with van der Waals surface area (Å²) in [6, 6.07) is 2.57. The van der Waals surface area contributed by atoms with E-state index in [2.05, 4.69) is 26.2 Å². The van der Waals surface area contributed by atoms with E-state index < -0.39 is 0 Å². The van der Waals surface area contributed by atoms with Crippen molar-refractivity contribution in [2.24, 2.45) is 0 Å². The van der Waals surface area contributed by atoms with Crippen LogP contribution in [0.3, 0.4) is 0 Å². The Morgan fingerprint density at radius 3 is 2.67 bits per heavy atom. The van der Waals surface area contributed by atoms with E-state index in [0.29, 0.717) is 12.7 Å². The van der Waals surface area contributed by atoms with Gasteiger partial charge in [0.15, 0.2) is 0 Å². The van der Waals surface area contributed by atoms with Gasteiger partial charge in [-0.25, -0.2) is 4.98 Å². The smallest absolute Gasteiger partial charge is 0.258 e. The van der Waals surface area contributed by atoms with Crippen LogP contribution in [-0.4, -0.2) is 64.2 Å². The van der Waals surface area contributed by atoms with E-state index in [0.717, 1.165) is 22.3 Å². The van der Waals surface area contributed by atoms with Crippen molar-refractivity contribution < 1.29 is 4.79 Å². The second kappa shape index (κ2) is 8.10. The van der Waals surface area contributed by atoms with Crippen molar-refractivity contribution in [1.29, 1.82) is 0 Å². The lowest BCUT2D eigenvalue weighted by atomic mass is 9.92. The fourth-order valence-electron chi connectivity index (χ4n) is 4.29. The molecule has 0 atom stereocenters. The van der Waals surface area contributed by atoms with E-state index in [1.165, 1.54) is 50.8 Å². The summed E-state index contributed by atoms with van der Waals surface area (Å²) < 4.78 is 2.28. The van der Waals surface area contributed by atoms with E-state index >= 15 is 0 Å². The van der Waals surface area contributed by atoms with Crippen LogP contribution >= 0.6 is 11.9 Å². The van der Waals surface area contributed by atoms with Crippen molar-refractivity contribution in [3.05, 3.63) is 24.0 Å². The van der Waals surface area contributed by atoms with Crippen molar-refractivity contribution in [2.45, 2.75) is 44.6 Å². The van der Waals surface area contributed by atoms with Gasteiger partial charge in [0, 0.05) is 43.2 Å². The van der Waals surface area contributed by atoms with E-state index in [4.69, 9.17) is 0 Å². The van der Waals surface area contributed by atoms with Crippen molar-refractivity contribution >= 4 is 34.6 Å². The first-order valence-electron chi connectivity index (χ1n) is 9.97. The minimum Gasteiger partial charge on any atom is -0.349 e. The summed E-state index contributed by atoms with van der Waals surface area (Å²) in [6.07, 6.45) is 11.3. The molecule has 0 aromatic carbocycles. The van der Waals surface area contributed by atoms with Gasteiger partial charge in [-0.15, -0.1) is 0 Å². The van der Waals surface area contributed by atoms with Gasteiger partial charge in [-0.2, -0.15) is 0 Å². The number of carbonyl (C=O) groups is 1. The number of H-pyrrole nitrogens is 1. The van der Waals surface area contributed by atoms with Crippen LogP contribution in [0, 0.1) is 0 Å². The van der Waals surface area contributed by atoms with E-state index in [-0.39, 0.29) is 5.91 Å². The monoisotopic (exact) mass is 387 g/mol. The minimum atomic E-state index is 0.0765. The average Bonchev–Trinajstić information content (AvgIpc) is 3.36. The fourth-order valence-corrected chi connectivity index (χ4v) is 5.12. The van der Waals surface area contributed by atoms with E-state index in [9.17, 15) is 4.79 Å². The predicted molar refractivity (Wildman–Crippen MR) is 112 cm³/mol. The molecule has 0 spiro atoms. The molecule has 1 amide bonds. The zero-order valence-corrected chi connectivity index (χ0v) is 17.1. The van der Waals surface area contributed by atoms with Gasteiger partial charge in [0.05, 0.1) is 17.9 Å². The second-order valence-corrected chi connectivity index (χ2v) is 8.99. The van der Waals surface area contributed by atoms with Gasteiger partial charge in [0.25, 0.3) is 5.91 Å². The van der Waals surface area contributed by atoms with Gasteiger partial charge >= 0.3 is 0 Å². The van der Waals surface area contributed by atoms with Gasteiger partial charge in [-0.3, -0.25) is 9.10 Å². The maximum atomic E-state index is 12.5. The Morgan fingerprint density at radius 2 is 2.00 bits per heavy atom. The van der Waals surface area contributed by atoms with Crippen LogP contribution in [0.15, 0.2) is 18.5 Å². The van der Waals surface area contributed by atoms with Crippen LogP contribution in [-0.2, 0) is 0 Å². The number of anilines is 1. The third-order valence-electron chi connectivity index (χ3n) is 5.73. The maximum Gasteiger partial charge on any atom is 0.258 e. The van der Waals surface area contributed by atoms with Gasteiger partial charge in [-0.1, -0.05) is 31.2 Å². The Bertz CT molecular complexity index is 795. The summed E-state index contributed by atoms with van der Waals surface area (Å²) in [6.45, 7) is 1.96. The summed E-state index contributed by atoms with van der Waals surface area (Å²) >= 11 is 1.93. The van der Waals surface area contributed by atoms with E-state index in [1.54, 1.807) is 11.1 Å². The molecule has 2 aliphatic heterocycles. The normalized spacial score (nSPS) is 21.3. The lowest BCUT2D eigenvalue weighted by Gasteiger charge is -2.42. The van der Waals surface area contributed by atoms with Crippen LogP contribution in [0.25, 0.3) is 11.0 Å². The average molecular weight is 388 g/mol. The molecule has 146 valence electrons. The molecule has 1 saturated carbocycles. The molecule has 2 fully saturated rings. The lowest BCUT2D eigenvalue weighted by molar-refractivity contribution is 0.0775. The number of hydrogen-bond acceptors (Lipinski definition) is 5. The van der Waals surface area contributed by atoms with Crippen LogP contribution in [0.2, 0.25) is 0 Å². The largest absolute Gasteiger partial charge is 0.349 e. The van der Waals surface area contributed by atoms with Crippen LogP contribution in [0.4, 0.5) is 5.69 Å². The molecule has 27 heavy (non-hydrogen) atoms. The summed E-state index contributed by atoms with van der Waals surface area (Å²) in [4.78, 5) is 24.2. The highest BCUT2D eigenvalue weighted by Gasteiger charge is 2.33. The molecule has 7 heteroatoms. The van der Waals surface area contributed by atoms with Gasteiger partial charge < -0.3 is 14.8 Å². The molecule has 0 bridgehead atoms. The van der Waals surface area contributed by atoms with Gasteiger partial charge in [0.1, 0.15) is 5.65 Å². The van der Waals surface area contributed by atoms with Crippen molar-refractivity contribution in [3.8, 4) is 0 Å². The van der Waals surface area contributed by atoms with Gasteiger partial charge in [-0.05, 0) is 32.4 Å². The number of nitrogens with zero attached hydrogens (tertiary/aromatic N) is 4. The number of hydrogen-bond donors (Lipinski definition) is 1. The molecule has 1 saturated heterocycles. The number of aromatic amines is 1. The first-order chi connectivity index (χ1) is 13.1. The molecular formula is C20H29N5OS. The molecule has 6 nitrogen and oxygen atoms in total. The standard InChI is InChI=1S/C16H20N4O.C4H9NS/c1-19-10-20(11-5-3-2-4-6-11)14-12-7-8-17-15(12)18-9-13(14)16(19)21;1-5-3-2-4-6-5/h7-9,11H,2-6,10H2,1H3,(H,17,18);2-4H2,1H3. The molecular weight excluding hydrogens is 358 g/mol. The summed E-state index contributed by atoms with van der Waals surface area (Å²) in [5.41, 5.74) is 2.68. The molecule has 3 aliphatic rings. The zero-order chi connectivity index (χ0) is 18.8. The molecule has 1 aliphatic carbocycles. The molecule has 2 aromatic rings. The van der Waals surface area contributed by atoms with Crippen molar-refractivity contribution in [1.82, 2.24) is 19.2 Å². The number of fused-ring (bicyclic) bond motifs is 3. The Balaban J connectivity index is 0.000000257. The summed E-state index contributed by atoms with van der Waals surface area (Å²) in [5, 5.41) is 1.07. The lowest BCUT2D eigenvalue weighted by Crippen LogP contribution is -2.49. The quantitative estimate of drug-likeness (QED) is 0.756. The maximum absolute atomic E-state index is 12.5. The van der Waals surface area contributed by atoms with Crippen LogP contribution in [0.1, 0.15) is 48.9 Å². The molecule has 0 radical (unpaired) electrons. The third-order valence-corrected chi connectivity index (χ3v) is 6.83. The molecule has 0 unspecified atom stereocenters. The third kappa shape index (κ3) is 3.80.